The number of aromatic nitrogens is 4. The van der Waals surface area contributed by atoms with Crippen molar-refractivity contribution in [3.63, 3.8) is 0 Å². The second-order valence-corrected chi connectivity index (χ2v) is 8.43. The molecule has 32 heavy (non-hydrogen) atoms. The van der Waals surface area contributed by atoms with Crippen LogP contribution in [-0.2, 0) is 11.8 Å². The number of hydrogen-bond acceptors (Lipinski definition) is 6. The van der Waals surface area contributed by atoms with Crippen LogP contribution in [0.5, 0.6) is 0 Å². The third-order valence-electron chi connectivity index (χ3n) is 5.79. The van der Waals surface area contributed by atoms with E-state index in [9.17, 15) is 23.4 Å². The van der Waals surface area contributed by atoms with Crippen LogP contribution < -0.4 is 5.32 Å². The number of halogens is 3. The molecule has 3 N–H and O–H groups in total. The fourth-order valence-corrected chi connectivity index (χ4v) is 4.07. The first-order valence-corrected chi connectivity index (χ1v) is 10.3. The van der Waals surface area contributed by atoms with Crippen molar-refractivity contribution in [3.05, 3.63) is 59.9 Å². The van der Waals surface area contributed by atoms with Crippen molar-refractivity contribution < 1.29 is 23.4 Å². The van der Waals surface area contributed by atoms with Crippen LogP contribution >= 0.6 is 0 Å². The number of aryl methyl sites for hydroxylation is 1. The van der Waals surface area contributed by atoms with Crippen LogP contribution in [0.15, 0.2) is 43.0 Å². The Balaban J connectivity index is 1.59. The van der Waals surface area contributed by atoms with Crippen LogP contribution in [0.4, 0.5) is 24.8 Å². The Morgan fingerprint density at radius 2 is 2.00 bits per heavy atom. The number of anilines is 2. The smallest absolute Gasteiger partial charge is 0.393 e. The molecule has 0 unspecified atom stereocenters. The molecule has 170 valence electrons. The van der Waals surface area contributed by atoms with E-state index in [1.807, 2.05) is 19.9 Å². The zero-order valence-electron chi connectivity index (χ0n) is 17.6. The lowest BCUT2D eigenvalue weighted by Gasteiger charge is -2.37. The molecular formula is C22H24F3N5O2. The van der Waals surface area contributed by atoms with Gasteiger partial charge in [-0.15, -0.1) is 0 Å². The maximum Gasteiger partial charge on any atom is 0.433 e. The molecule has 3 aromatic rings. The van der Waals surface area contributed by atoms with Crippen molar-refractivity contribution in [2.24, 2.45) is 5.92 Å². The van der Waals surface area contributed by atoms with Gasteiger partial charge in [0.1, 0.15) is 11.3 Å². The van der Waals surface area contributed by atoms with E-state index in [4.69, 9.17) is 0 Å². The highest BCUT2D eigenvalue weighted by Crippen LogP contribution is 2.39. The Labute approximate surface area is 183 Å². The number of rotatable bonds is 4. The van der Waals surface area contributed by atoms with Crippen molar-refractivity contribution >= 4 is 11.6 Å². The number of aliphatic hydroxyl groups excluding tert-OH is 1. The number of benzene rings is 1. The lowest BCUT2D eigenvalue weighted by molar-refractivity contribution is -0.141. The molecule has 0 amide bonds. The van der Waals surface area contributed by atoms with E-state index in [0.717, 1.165) is 17.8 Å². The summed E-state index contributed by atoms with van der Waals surface area (Å²) in [6.45, 7) is 3.76. The SMILES string of the molecule is Cc1cc(Nc2nccc(C(F)(F)F)n2)cc(-n2cnc([C@]3(O)CC[C@@H](O)[C@@H](C)C3)c2)c1. The summed E-state index contributed by atoms with van der Waals surface area (Å²) in [7, 11) is 0. The molecule has 0 radical (unpaired) electrons. The van der Waals surface area contributed by atoms with Gasteiger partial charge in [-0.2, -0.15) is 13.2 Å². The Bertz CT molecular complexity index is 1120. The first-order chi connectivity index (χ1) is 15.0. The minimum atomic E-state index is -4.56. The van der Waals surface area contributed by atoms with Gasteiger partial charge in [0, 0.05) is 23.8 Å². The Morgan fingerprint density at radius 1 is 1.22 bits per heavy atom. The Kier molecular flexibility index (Phi) is 5.68. The fraction of sp³-hybridized carbons (Fsp3) is 0.409. The molecule has 1 fully saturated rings. The molecular weight excluding hydrogens is 423 g/mol. The van der Waals surface area contributed by atoms with Gasteiger partial charge in [0.05, 0.1) is 18.1 Å². The summed E-state index contributed by atoms with van der Waals surface area (Å²) in [6.07, 6.45) is 0.728. The molecule has 0 saturated heterocycles. The van der Waals surface area contributed by atoms with Gasteiger partial charge in [-0.3, -0.25) is 0 Å². The summed E-state index contributed by atoms with van der Waals surface area (Å²) in [4.78, 5) is 11.8. The van der Waals surface area contributed by atoms with Gasteiger partial charge in [-0.25, -0.2) is 15.0 Å². The number of nitrogens with one attached hydrogen (secondary N) is 1. The number of aliphatic hydroxyl groups is 2. The number of imidazole rings is 1. The molecule has 1 aliphatic rings. The molecule has 3 atom stereocenters. The number of alkyl halides is 3. The predicted molar refractivity (Wildman–Crippen MR) is 112 cm³/mol. The van der Waals surface area contributed by atoms with Gasteiger partial charge >= 0.3 is 6.18 Å². The van der Waals surface area contributed by atoms with E-state index in [1.165, 1.54) is 0 Å². The van der Waals surface area contributed by atoms with Crippen LogP contribution in [0.3, 0.4) is 0 Å². The van der Waals surface area contributed by atoms with Crippen LogP contribution in [0.1, 0.15) is 43.1 Å². The highest BCUT2D eigenvalue weighted by Gasteiger charge is 2.40. The summed E-state index contributed by atoms with van der Waals surface area (Å²) in [5, 5.41) is 23.9. The Morgan fingerprint density at radius 3 is 2.72 bits per heavy atom. The fourth-order valence-electron chi connectivity index (χ4n) is 4.07. The summed E-state index contributed by atoms with van der Waals surface area (Å²) in [5.74, 6) is -0.201. The average Bonchev–Trinajstić information content (AvgIpc) is 3.22. The molecule has 0 spiro atoms. The van der Waals surface area contributed by atoms with Gasteiger partial charge in [-0.05, 0) is 61.9 Å². The lowest BCUT2D eigenvalue weighted by Crippen LogP contribution is -2.38. The highest BCUT2D eigenvalue weighted by atomic mass is 19.4. The summed E-state index contributed by atoms with van der Waals surface area (Å²) < 4.78 is 40.5. The van der Waals surface area contributed by atoms with E-state index in [1.54, 1.807) is 29.2 Å². The quantitative estimate of drug-likeness (QED) is 0.557. The van der Waals surface area contributed by atoms with E-state index in [0.29, 0.717) is 36.3 Å². The van der Waals surface area contributed by atoms with E-state index < -0.39 is 23.6 Å². The largest absolute Gasteiger partial charge is 0.433 e. The summed E-state index contributed by atoms with van der Waals surface area (Å²) in [5.41, 5.74) is 0.477. The molecule has 0 aliphatic heterocycles. The average molecular weight is 447 g/mol. The minimum absolute atomic E-state index is 0.0406. The normalized spacial score (nSPS) is 23.8. The molecule has 7 nitrogen and oxygen atoms in total. The van der Waals surface area contributed by atoms with Crippen molar-refractivity contribution in [3.8, 4) is 5.69 Å². The minimum Gasteiger partial charge on any atom is -0.393 e. The molecule has 2 aromatic heterocycles. The van der Waals surface area contributed by atoms with Crippen LogP contribution in [0.2, 0.25) is 0 Å². The van der Waals surface area contributed by atoms with Gasteiger partial charge in [0.2, 0.25) is 5.95 Å². The second-order valence-electron chi connectivity index (χ2n) is 8.43. The standard InChI is InChI=1S/C22H24F3N5O2/c1-13-7-15(28-20-26-6-4-18(29-20)22(23,24)25)9-16(8-13)30-11-19(27-12-30)21(32)5-3-17(31)14(2)10-21/h4,6-9,11-12,14,17,31-32H,3,5,10H2,1-2H3,(H,26,28,29)/t14-,17+,21-/m0/s1. The van der Waals surface area contributed by atoms with E-state index in [-0.39, 0.29) is 11.9 Å². The topological polar surface area (TPSA) is 96.1 Å². The number of hydrogen-bond donors (Lipinski definition) is 3. The van der Waals surface area contributed by atoms with Crippen LogP contribution in [0.25, 0.3) is 5.69 Å². The van der Waals surface area contributed by atoms with Gasteiger partial charge in [0.25, 0.3) is 0 Å². The second kappa shape index (κ2) is 8.18. The van der Waals surface area contributed by atoms with Crippen molar-refractivity contribution in [2.45, 2.75) is 51.0 Å². The van der Waals surface area contributed by atoms with E-state index in [2.05, 4.69) is 20.3 Å². The maximum absolute atomic E-state index is 12.9. The summed E-state index contributed by atoms with van der Waals surface area (Å²) in [6, 6.07) is 6.21. The third kappa shape index (κ3) is 4.61. The van der Waals surface area contributed by atoms with Crippen LogP contribution in [0, 0.1) is 12.8 Å². The first-order valence-electron chi connectivity index (χ1n) is 10.3. The van der Waals surface area contributed by atoms with Crippen molar-refractivity contribution in [1.82, 2.24) is 19.5 Å². The van der Waals surface area contributed by atoms with Crippen molar-refractivity contribution in [2.75, 3.05) is 5.32 Å². The zero-order valence-corrected chi connectivity index (χ0v) is 17.6. The molecule has 10 heteroatoms. The van der Waals surface area contributed by atoms with Crippen molar-refractivity contribution in [1.29, 1.82) is 0 Å². The van der Waals surface area contributed by atoms with Gasteiger partial charge in [0.15, 0.2) is 0 Å². The van der Waals surface area contributed by atoms with Gasteiger partial charge < -0.3 is 20.1 Å². The zero-order chi connectivity index (χ0) is 23.1. The molecule has 2 heterocycles. The summed E-state index contributed by atoms with van der Waals surface area (Å²) >= 11 is 0. The highest BCUT2D eigenvalue weighted by molar-refractivity contribution is 5.59. The molecule has 4 rings (SSSR count). The molecule has 0 bridgehead atoms. The lowest BCUT2D eigenvalue weighted by atomic mass is 9.76. The molecule has 1 aliphatic carbocycles. The first kappa shape index (κ1) is 22.2. The van der Waals surface area contributed by atoms with Crippen LogP contribution in [-0.4, -0.2) is 35.8 Å². The molecule has 1 aromatic carbocycles. The monoisotopic (exact) mass is 447 g/mol. The van der Waals surface area contributed by atoms with E-state index >= 15 is 0 Å². The number of nitrogens with zero attached hydrogens (tertiary/aromatic N) is 4. The third-order valence-corrected chi connectivity index (χ3v) is 5.79. The van der Waals surface area contributed by atoms with Gasteiger partial charge in [-0.1, -0.05) is 6.92 Å². The predicted octanol–water partition coefficient (Wildman–Crippen LogP) is 4.10. The molecule has 1 saturated carbocycles. The maximum atomic E-state index is 12.9. The Hall–Kier alpha value is -2.98.